The van der Waals surface area contributed by atoms with Crippen LogP contribution >= 0.6 is 0 Å². The first-order valence-electron chi connectivity index (χ1n) is 4.42. The largest absolute Gasteiger partial charge is 0.278 e. The number of hydrogen-bond acceptors (Lipinski definition) is 3. The molecule has 0 aromatic rings. The van der Waals surface area contributed by atoms with Gasteiger partial charge in [-0.15, -0.1) is 0 Å². The Labute approximate surface area is 74.8 Å². The van der Waals surface area contributed by atoms with Crippen LogP contribution in [0.2, 0.25) is 0 Å². The number of rotatable bonds is 0. The molecule has 2 unspecified atom stereocenters. The summed E-state index contributed by atoms with van der Waals surface area (Å²) in [6.07, 6.45) is 5.50. The molecule has 0 radical (unpaired) electrons. The molecule has 1 aliphatic heterocycles. The van der Waals surface area contributed by atoms with Gasteiger partial charge in [-0.05, 0) is 18.8 Å². The standard InChI is InChI=1S/C9H9NO3/c11-7-9(8(12)10(7)13)4-5-1-2-6(9)3-5/h1-2,5-6,13H,3-4H2. The minimum absolute atomic E-state index is 0.0425. The summed E-state index contributed by atoms with van der Waals surface area (Å²) in [5, 5.41) is 9.21. The van der Waals surface area contributed by atoms with Crippen LogP contribution in [0.5, 0.6) is 0 Å². The van der Waals surface area contributed by atoms with Gasteiger partial charge in [-0.3, -0.25) is 14.8 Å². The molecule has 13 heavy (non-hydrogen) atoms. The van der Waals surface area contributed by atoms with Gasteiger partial charge in [0.15, 0.2) is 0 Å². The maximum absolute atomic E-state index is 11.4. The Kier molecular flexibility index (Phi) is 1.03. The van der Waals surface area contributed by atoms with Crippen LogP contribution in [0.1, 0.15) is 12.8 Å². The van der Waals surface area contributed by atoms with E-state index in [1.807, 2.05) is 6.08 Å². The number of carbonyl (C=O) groups is 2. The summed E-state index contributed by atoms with van der Waals surface area (Å²) >= 11 is 0. The number of imide groups is 1. The fourth-order valence-corrected chi connectivity index (χ4v) is 2.86. The van der Waals surface area contributed by atoms with E-state index in [1.165, 1.54) is 0 Å². The molecule has 2 amide bonds. The Morgan fingerprint density at radius 3 is 2.54 bits per heavy atom. The molecule has 4 nitrogen and oxygen atoms in total. The van der Waals surface area contributed by atoms with Crippen LogP contribution in [0.15, 0.2) is 12.2 Å². The number of allylic oxidation sites excluding steroid dienone is 2. The Bertz CT molecular complexity index is 331. The number of amides is 2. The predicted molar refractivity (Wildman–Crippen MR) is 41.4 cm³/mol. The third-order valence-electron chi connectivity index (χ3n) is 3.54. The van der Waals surface area contributed by atoms with Crippen molar-refractivity contribution in [1.29, 1.82) is 0 Å². The van der Waals surface area contributed by atoms with Gasteiger partial charge in [-0.25, -0.2) is 0 Å². The molecule has 3 rings (SSSR count). The van der Waals surface area contributed by atoms with Gasteiger partial charge in [0.05, 0.1) is 0 Å². The average molecular weight is 179 g/mol. The fourth-order valence-electron chi connectivity index (χ4n) is 2.86. The molecule has 1 heterocycles. The number of nitrogens with zero attached hydrogens (tertiary/aromatic N) is 1. The maximum atomic E-state index is 11.4. The van der Waals surface area contributed by atoms with Crippen molar-refractivity contribution in [2.45, 2.75) is 12.8 Å². The van der Waals surface area contributed by atoms with Crippen molar-refractivity contribution < 1.29 is 14.8 Å². The minimum Gasteiger partial charge on any atom is -0.278 e. The molecule has 3 aliphatic rings. The Balaban J connectivity index is 2.05. The molecule has 1 N–H and O–H groups in total. The van der Waals surface area contributed by atoms with E-state index >= 15 is 0 Å². The lowest BCUT2D eigenvalue weighted by Gasteiger charge is -2.43. The predicted octanol–water partition coefficient (Wildman–Crippen LogP) is 0.327. The number of β-lactam (4-membered cyclic amide) rings is 2. The molecule has 1 saturated heterocycles. The van der Waals surface area contributed by atoms with Crippen molar-refractivity contribution in [2.75, 3.05) is 0 Å². The highest BCUT2D eigenvalue weighted by atomic mass is 16.5. The van der Waals surface area contributed by atoms with Crippen LogP contribution in [0.25, 0.3) is 0 Å². The highest BCUT2D eigenvalue weighted by Crippen LogP contribution is 2.57. The zero-order valence-electron chi connectivity index (χ0n) is 6.93. The van der Waals surface area contributed by atoms with Crippen molar-refractivity contribution >= 4 is 11.8 Å². The smallest absolute Gasteiger partial charge is 0.269 e. The molecule has 1 saturated carbocycles. The molecule has 2 atom stereocenters. The Morgan fingerprint density at radius 2 is 2.08 bits per heavy atom. The van der Waals surface area contributed by atoms with E-state index in [4.69, 9.17) is 5.21 Å². The Morgan fingerprint density at radius 1 is 1.38 bits per heavy atom. The lowest BCUT2D eigenvalue weighted by atomic mass is 9.69. The van der Waals surface area contributed by atoms with E-state index in [9.17, 15) is 9.59 Å². The second-order valence-electron chi connectivity index (χ2n) is 4.08. The minimum atomic E-state index is -0.867. The van der Waals surface area contributed by atoms with Gasteiger partial charge in [-0.2, -0.15) is 5.06 Å². The van der Waals surface area contributed by atoms with E-state index in [-0.39, 0.29) is 11.0 Å². The van der Waals surface area contributed by atoms with Crippen molar-refractivity contribution in [3.63, 3.8) is 0 Å². The second-order valence-corrected chi connectivity index (χ2v) is 4.08. The second kappa shape index (κ2) is 1.85. The summed E-state index contributed by atoms with van der Waals surface area (Å²) in [5.41, 5.74) is -0.867. The molecular formula is C9H9NO3. The van der Waals surface area contributed by atoms with Gasteiger partial charge in [0.2, 0.25) is 0 Å². The fraction of sp³-hybridized carbons (Fsp3) is 0.556. The third kappa shape index (κ3) is 0.562. The van der Waals surface area contributed by atoms with E-state index in [0.717, 1.165) is 6.42 Å². The summed E-state index contributed by atoms with van der Waals surface area (Å²) in [4.78, 5) is 22.8. The van der Waals surface area contributed by atoms with Crippen LogP contribution in [0.4, 0.5) is 0 Å². The van der Waals surface area contributed by atoms with Crippen LogP contribution in [-0.4, -0.2) is 22.1 Å². The van der Waals surface area contributed by atoms with E-state index in [0.29, 0.717) is 12.3 Å². The molecule has 1 spiro atoms. The SMILES string of the molecule is O=C1N(O)C(=O)C12CC1C=CC2C1. The van der Waals surface area contributed by atoms with Gasteiger partial charge >= 0.3 is 0 Å². The maximum Gasteiger partial charge on any atom is 0.269 e. The average Bonchev–Trinajstić information content (AvgIpc) is 2.75. The Hall–Kier alpha value is -1.16. The van der Waals surface area contributed by atoms with Gasteiger partial charge in [-0.1, -0.05) is 12.2 Å². The van der Waals surface area contributed by atoms with Crippen LogP contribution in [-0.2, 0) is 9.59 Å². The molecule has 2 bridgehead atoms. The van der Waals surface area contributed by atoms with Crippen molar-refractivity contribution in [3.05, 3.63) is 12.2 Å². The monoisotopic (exact) mass is 179 g/mol. The molecule has 2 fully saturated rings. The van der Waals surface area contributed by atoms with Gasteiger partial charge < -0.3 is 0 Å². The molecule has 0 aromatic carbocycles. The van der Waals surface area contributed by atoms with Crippen molar-refractivity contribution in [2.24, 2.45) is 17.3 Å². The zero-order chi connectivity index (χ0) is 9.22. The van der Waals surface area contributed by atoms with Crippen molar-refractivity contribution in [3.8, 4) is 0 Å². The lowest BCUT2D eigenvalue weighted by molar-refractivity contribution is -0.219. The quantitative estimate of drug-likeness (QED) is 0.252. The number of fused-ring (bicyclic) bond motifs is 3. The normalized spacial score (nSPS) is 39.0. The first-order chi connectivity index (χ1) is 6.16. The zero-order valence-corrected chi connectivity index (χ0v) is 6.93. The summed E-state index contributed by atoms with van der Waals surface area (Å²) in [6, 6.07) is 0. The van der Waals surface area contributed by atoms with Crippen LogP contribution in [0.3, 0.4) is 0 Å². The first-order valence-corrected chi connectivity index (χ1v) is 4.42. The molecule has 2 aliphatic carbocycles. The van der Waals surface area contributed by atoms with Gasteiger partial charge in [0, 0.05) is 5.92 Å². The third-order valence-corrected chi connectivity index (χ3v) is 3.54. The van der Waals surface area contributed by atoms with E-state index in [1.54, 1.807) is 0 Å². The molecule has 0 aromatic heterocycles. The highest BCUT2D eigenvalue weighted by Gasteiger charge is 2.68. The summed E-state index contributed by atoms with van der Waals surface area (Å²) < 4.78 is 0. The van der Waals surface area contributed by atoms with E-state index < -0.39 is 17.2 Å². The molecule has 4 heteroatoms. The van der Waals surface area contributed by atoms with Gasteiger partial charge in [0.25, 0.3) is 11.8 Å². The number of carbonyl (C=O) groups excluding carboxylic acids is 2. The topological polar surface area (TPSA) is 57.6 Å². The summed E-state index contributed by atoms with van der Waals surface area (Å²) in [6.45, 7) is 0. The van der Waals surface area contributed by atoms with Crippen molar-refractivity contribution in [1.82, 2.24) is 5.06 Å². The molecular weight excluding hydrogens is 170 g/mol. The van der Waals surface area contributed by atoms with Crippen LogP contribution < -0.4 is 0 Å². The van der Waals surface area contributed by atoms with Crippen LogP contribution in [0, 0.1) is 17.3 Å². The summed E-state index contributed by atoms with van der Waals surface area (Å²) in [5.74, 6) is -0.406. The van der Waals surface area contributed by atoms with E-state index in [2.05, 4.69) is 6.08 Å². The summed E-state index contributed by atoms with van der Waals surface area (Å²) in [7, 11) is 0. The lowest BCUT2D eigenvalue weighted by Crippen LogP contribution is -2.66. The molecule has 68 valence electrons. The number of hydroxylamine groups is 2. The van der Waals surface area contributed by atoms with Gasteiger partial charge in [0.1, 0.15) is 5.41 Å². The first kappa shape index (κ1) is 7.26. The highest BCUT2D eigenvalue weighted by molar-refractivity contribution is 6.21. The number of hydrogen-bond donors (Lipinski definition) is 1.